The lowest BCUT2D eigenvalue weighted by Gasteiger charge is -2.52. The number of ether oxygens (including phenoxy) is 1. The normalized spacial score (nSPS) is 31.7. The largest absolute Gasteiger partial charge is 0.437 e. The SMILES string of the molecule is FC(F)(F)C(F)(C(F)(F)F)C1(F)OC(F)(F)C(F)(F)C(F)(F)C1(F)F. The van der Waals surface area contributed by atoms with Crippen molar-refractivity contribution in [2.45, 2.75) is 47.8 Å². The molecule has 1 unspecified atom stereocenters. The molecule has 0 aromatic carbocycles. The number of rotatable bonds is 1. The Bertz CT molecular complexity index is 527. The highest BCUT2D eigenvalue weighted by molar-refractivity contribution is 5.21. The van der Waals surface area contributed by atoms with Crippen LogP contribution in [0.25, 0.3) is 0 Å². The van der Waals surface area contributed by atoms with Crippen LogP contribution in [0.4, 0.5) is 70.2 Å². The van der Waals surface area contributed by atoms with Crippen LogP contribution in [-0.4, -0.2) is 47.8 Å². The molecule has 0 aromatic rings. The second-order valence-electron chi connectivity index (χ2n) is 4.59. The minimum atomic E-state index is -8.24. The van der Waals surface area contributed by atoms with E-state index in [1.165, 1.54) is 4.74 Å². The van der Waals surface area contributed by atoms with Crippen LogP contribution in [0.15, 0.2) is 0 Å². The van der Waals surface area contributed by atoms with Crippen molar-refractivity contribution < 1.29 is 75.0 Å². The summed E-state index contributed by atoms with van der Waals surface area (Å²) in [7, 11) is 0. The fourth-order valence-electron chi connectivity index (χ4n) is 1.70. The first-order valence-corrected chi connectivity index (χ1v) is 5.18. The number of hydrogen-bond acceptors (Lipinski definition) is 1. The molecule has 1 aliphatic rings. The molecule has 17 heteroatoms. The maximum atomic E-state index is 13.6. The van der Waals surface area contributed by atoms with E-state index in [4.69, 9.17) is 0 Å². The zero-order chi connectivity index (χ0) is 20.7. The minimum Gasteiger partial charge on any atom is -0.268 e. The van der Waals surface area contributed by atoms with Crippen molar-refractivity contribution in [3.05, 3.63) is 0 Å². The van der Waals surface area contributed by atoms with Gasteiger partial charge in [-0.25, -0.2) is 8.78 Å². The van der Waals surface area contributed by atoms with Gasteiger partial charge in [0.1, 0.15) is 0 Å². The van der Waals surface area contributed by atoms with Crippen molar-refractivity contribution >= 4 is 0 Å². The van der Waals surface area contributed by atoms with E-state index in [9.17, 15) is 70.2 Å². The van der Waals surface area contributed by atoms with Crippen LogP contribution in [0.2, 0.25) is 0 Å². The molecule has 0 spiro atoms. The summed E-state index contributed by atoms with van der Waals surface area (Å²) in [6, 6.07) is 0. The standard InChI is InChI=1S/C8F16O/c9-1(6(17,18)19,7(20,21)22)5(16)3(12,13)2(10,11)4(14,15)8(23,24)25-5. The lowest BCUT2D eigenvalue weighted by Crippen LogP contribution is -2.84. The minimum absolute atomic E-state index is 1.45. The van der Waals surface area contributed by atoms with Crippen LogP contribution in [0.5, 0.6) is 0 Å². The van der Waals surface area contributed by atoms with Crippen LogP contribution in [0.1, 0.15) is 0 Å². The number of hydrogen-bond donors (Lipinski definition) is 0. The van der Waals surface area contributed by atoms with Crippen LogP contribution in [0.3, 0.4) is 0 Å². The molecule has 1 nitrogen and oxygen atoms in total. The van der Waals surface area contributed by atoms with E-state index in [-0.39, 0.29) is 0 Å². The maximum Gasteiger partial charge on any atom is 0.437 e. The van der Waals surface area contributed by atoms with E-state index in [0.717, 1.165) is 0 Å². The Morgan fingerprint density at radius 2 is 0.800 bits per heavy atom. The van der Waals surface area contributed by atoms with Crippen LogP contribution in [0, 0.1) is 0 Å². The topological polar surface area (TPSA) is 9.23 Å². The molecule has 0 bridgehead atoms. The molecule has 1 rings (SSSR count). The molecule has 0 radical (unpaired) electrons. The van der Waals surface area contributed by atoms with Gasteiger partial charge in [0.15, 0.2) is 0 Å². The molecule has 0 aliphatic carbocycles. The Balaban J connectivity index is 3.95. The van der Waals surface area contributed by atoms with Crippen LogP contribution >= 0.6 is 0 Å². The van der Waals surface area contributed by atoms with Gasteiger partial charge in [-0.3, -0.25) is 4.74 Å². The van der Waals surface area contributed by atoms with Gasteiger partial charge < -0.3 is 0 Å². The smallest absolute Gasteiger partial charge is 0.268 e. The maximum absolute atomic E-state index is 13.6. The highest BCUT2D eigenvalue weighted by atomic mass is 19.4. The van der Waals surface area contributed by atoms with Gasteiger partial charge in [0.05, 0.1) is 0 Å². The first kappa shape index (κ1) is 21.9. The molecule has 1 atom stereocenters. The summed E-state index contributed by atoms with van der Waals surface area (Å²) < 4.78 is 205. The van der Waals surface area contributed by atoms with Crippen molar-refractivity contribution in [3.63, 3.8) is 0 Å². The molecule has 1 heterocycles. The Morgan fingerprint density at radius 3 is 1.08 bits per heavy atom. The van der Waals surface area contributed by atoms with Crippen molar-refractivity contribution in [1.82, 2.24) is 0 Å². The number of alkyl halides is 16. The van der Waals surface area contributed by atoms with E-state index in [0.29, 0.717) is 0 Å². The summed E-state index contributed by atoms with van der Waals surface area (Å²) in [4.78, 5) is 0. The Hall–Kier alpha value is -1.16. The van der Waals surface area contributed by atoms with Crippen LogP contribution < -0.4 is 0 Å². The van der Waals surface area contributed by atoms with E-state index >= 15 is 0 Å². The Kier molecular flexibility index (Phi) is 4.17. The van der Waals surface area contributed by atoms with Gasteiger partial charge in [-0.05, 0) is 0 Å². The quantitative estimate of drug-likeness (QED) is 0.546. The average Bonchev–Trinajstić information content (AvgIpc) is 2.31. The fourth-order valence-corrected chi connectivity index (χ4v) is 1.70. The van der Waals surface area contributed by atoms with E-state index in [1.807, 2.05) is 0 Å². The Morgan fingerprint density at radius 1 is 0.480 bits per heavy atom. The lowest BCUT2D eigenvalue weighted by atomic mass is 9.82. The molecule has 25 heavy (non-hydrogen) atoms. The molecule has 0 aromatic heterocycles. The van der Waals surface area contributed by atoms with Crippen LogP contribution in [-0.2, 0) is 4.74 Å². The fraction of sp³-hybridized carbons (Fsp3) is 1.00. The predicted molar refractivity (Wildman–Crippen MR) is 40.7 cm³/mol. The molecular weight excluding hydrogens is 416 g/mol. The second-order valence-corrected chi connectivity index (χ2v) is 4.59. The summed E-state index contributed by atoms with van der Waals surface area (Å²) in [5, 5.41) is 0. The van der Waals surface area contributed by atoms with Gasteiger partial charge >= 0.3 is 47.8 Å². The van der Waals surface area contributed by atoms with Crippen molar-refractivity contribution in [1.29, 1.82) is 0 Å². The van der Waals surface area contributed by atoms with Crippen molar-refractivity contribution in [3.8, 4) is 0 Å². The summed E-state index contributed by atoms with van der Waals surface area (Å²) in [6.07, 6.45) is -23.3. The molecule has 150 valence electrons. The zero-order valence-electron chi connectivity index (χ0n) is 10.5. The molecule has 1 saturated heterocycles. The highest BCUT2D eigenvalue weighted by Crippen LogP contribution is 2.69. The third kappa shape index (κ3) is 2.16. The molecule has 1 fully saturated rings. The molecule has 0 N–H and O–H groups in total. The molecule has 0 saturated carbocycles. The molecule has 0 amide bonds. The van der Waals surface area contributed by atoms with E-state index in [1.54, 1.807) is 0 Å². The van der Waals surface area contributed by atoms with Crippen molar-refractivity contribution in [2.24, 2.45) is 0 Å². The van der Waals surface area contributed by atoms with Gasteiger partial charge in [0.2, 0.25) is 0 Å². The summed E-state index contributed by atoms with van der Waals surface area (Å²) in [5.74, 6) is -31.5. The second kappa shape index (κ2) is 4.76. The van der Waals surface area contributed by atoms with Gasteiger partial charge in [-0.15, -0.1) is 0 Å². The van der Waals surface area contributed by atoms with E-state index in [2.05, 4.69) is 0 Å². The third-order valence-corrected chi connectivity index (χ3v) is 3.05. The zero-order valence-corrected chi connectivity index (χ0v) is 10.5. The first-order chi connectivity index (χ1) is 10.5. The highest BCUT2D eigenvalue weighted by Gasteiger charge is 3.01. The van der Waals surface area contributed by atoms with Gasteiger partial charge in [0.25, 0.3) is 0 Å². The summed E-state index contributed by atoms with van der Waals surface area (Å²) in [5.41, 5.74) is -8.24. The van der Waals surface area contributed by atoms with Gasteiger partial charge in [-0.2, -0.15) is 61.5 Å². The monoisotopic (exact) mass is 416 g/mol. The van der Waals surface area contributed by atoms with Gasteiger partial charge in [-0.1, -0.05) is 0 Å². The third-order valence-electron chi connectivity index (χ3n) is 3.05. The van der Waals surface area contributed by atoms with E-state index < -0.39 is 47.8 Å². The summed E-state index contributed by atoms with van der Waals surface area (Å²) >= 11 is 0. The van der Waals surface area contributed by atoms with Crippen molar-refractivity contribution in [2.75, 3.05) is 0 Å². The van der Waals surface area contributed by atoms with Gasteiger partial charge in [0, 0.05) is 0 Å². The molecular formula is C8F16O. The average molecular weight is 416 g/mol. The molecule has 1 aliphatic heterocycles. The Labute approximate surface area is 124 Å². The lowest BCUT2D eigenvalue weighted by molar-refractivity contribution is -0.574. The number of halogens is 16. The predicted octanol–water partition coefficient (Wildman–Crippen LogP) is 5.01. The first-order valence-electron chi connectivity index (χ1n) is 5.18. The summed E-state index contributed by atoms with van der Waals surface area (Å²) in [6.45, 7) is 0.